The fraction of sp³-hybridized carbons (Fsp3) is 0.417. The van der Waals surface area contributed by atoms with Gasteiger partial charge in [0.05, 0.1) is 26.4 Å². The standard InChI is InChI=1S/C24H28N10O3/c1-14-28-19(31-37-14)8-26-21-20-17(29-23(25)30-21)7-27-34(20)9-16-5-4-15(6-18(16)36-3)22(35)33-12-24(13-33)10-32(2)11-24/h4-7H,8-13H2,1-3H3,(H3,25,26,29,30). The molecule has 0 aliphatic carbocycles. The molecule has 0 radical (unpaired) electrons. The molecule has 1 spiro atoms. The number of hydrogen-bond donors (Lipinski definition) is 2. The van der Waals surface area contributed by atoms with Gasteiger partial charge in [-0.05, 0) is 19.2 Å². The molecule has 6 rings (SSSR count). The lowest BCUT2D eigenvalue weighted by Gasteiger charge is -2.59. The Morgan fingerprint density at radius 2 is 2.03 bits per heavy atom. The lowest BCUT2D eigenvalue weighted by Crippen LogP contribution is -2.72. The molecule has 1 amide bonds. The zero-order valence-electron chi connectivity index (χ0n) is 20.9. The number of aryl methyl sites for hydroxylation is 1. The highest BCUT2D eigenvalue weighted by molar-refractivity contribution is 5.95. The number of ether oxygens (including phenoxy) is 1. The average molecular weight is 505 g/mol. The van der Waals surface area contributed by atoms with Crippen molar-refractivity contribution in [3.63, 3.8) is 0 Å². The minimum atomic E-state index is 0.0293. The summed E-state index contributed by atoms with van der Waals surface area (Å²) in [4.78, 5) is 30.1. The quantitative estimate of drug-likeness (QED) is 0.373. The van der Waals surface area contributed by atoms with E-state index in [0.29, 0.717) is 53.0 Å². The second-order valence-corrected chi connectivity index (χ2v) is 9.91. The van der Waals surface area contributed by atoms with Gasteiger partial charge in [0.25, 0.3) is 5.91 Å². The number of fused-ring (bicyclic) bond motifs is 1. The normalized spacial score (nSPS) is 16.6. The predicted molar refractivity (Wildman–Crippen MR) is 134 cm³/mol. The number of methoxy groups -OCH3 is 1. The van der Waals surface area contributed by atoms with Crippen molar-refractivity contribution < 1.29 is 14.1 Å². The summed E-state index contributed by atoms with van der Waals surface area (Å²) < 4.78 is 12.5. The number of likely N-dealkylation sites (tertiary alicyclic amines) is 2. The minimum Gasteiger partial charge on any atom is -0.496 e. The van der Waals surface area contributed by atoms with Crippen LogP contribution in [0.3, 0.4) is 0 Å². The maximum absolute atomic E-state index is 13.1. The lowest BCUT2D eigenvalue weighted by molar-refractivity contribution is -0.0872. The molecule has 3 aromatic heterocycles. The van der Waals surface area contributed by atoms with E-state index in [9.17, 15) is 4.79 Å². The van der Waals surface area contributed by atoms with Crippen LogP contribution in [0.2, 0.25) is 0 Å². The third-order valence-corrected chi connectivity index (χ3v) is 6.89. The molecule has 0 bridgehead atoms. The van der Waals surface area contributed by atoms with Gasteiger partial charge < -0.3 is 30.1 Å². The highest BCUT2D eigenvalue weighted by atomic mass is 16.5. The molecule has 0 saturated carbocycles. The third kappa shape index (κ3) is 4.20. The molecule has 4 aromatic rings. The van der Waals surface area contributed by atoms with E-state index in [2.05, 4.69) is 42.5 Å². The van der Waals surface area contributed by atoms with E-state index in [0.717, 1.165) is 31.7 Å². The van der Waals surface area contributed by atoms with Crippen molar-refractivity contribution in [1.82, 2.24) is 39.7 Å². The summed E-state index contributed by atoms with van der Waals surface area (Å²) >= 11 is 0. The maximum atomic E-state index is 13.1. The molecule has 13 heteroatoms. The number of rotatable bonds is 7. The number of hydrogen-bond acceptors (Lipinski definition) is 11. The van der Waals surface area contributed by atoms with Crippen LogP contribution < -0.4 is 15.8 Å². The van der Waals surface area contributed by atoms with Crippen molar-refractivity contribution in [2.75, 3.05) is 51.4 Å². The molecule has 37 heavy (non-hydrogen) atoms. The van der Waals surface area contributed by atoms with E-state index < -0.39 is 0 Å². The first-order chi connectivity index (χ1) is 17.8. The summed E-state index contributed by atoms with van der Waals surface area (Å²) in [5, 5.41) is 11.6. The number of aromatic nitrogens is 6. The van der Waals surface area contributed by atoms with Crippen molar-refractivity contribution in [2.24, 2.45) is 5.41 Å². The Bertz CT molecular complexity index is 1480. The summed E-state index contributed by atoms with van der Waals surface area (Å²) in [6.45, 7) is 6.12. The lowest BCUT2D eigenvalue weighted by atomic mass is 9.73. The number of benzene rings is 1. The first-order valence-corrected chi connectivity index (χ1v) is 12.0. The Morgan fingerprint density at radius 1 is 1.22 bits per heavy atom. The fourth-order valence-corrected chi connectivity index (χ4v) is 5.39. The van der Waals surface area contributed by atoms with Crippen LogP contribution in [0, 0.1) is 12.3 Å². The Morgan fingerprint density at radius 3 is 2.73 bits per heavy atom. The number of carbonyl (C=O) groups is 1. The Kier molecular flexibility index (Phi) is 5.44. The molecule has 2 aliphatic heterocycles. The number of carbonyl (C=O) groups excluding carboxylic acids is 1. The number of nitrogens with zero attached hydrogens (tertiary/aromatic N) is 8. The number of nitrogens with one attached hydrogen (secondary N) is 1. The van der Waals surface area contributed by atoms with Crippen LogP contribution in [0.1, 0.15) is 27.6 Å². The first-order valence-electron chi connectivity index (χ1n) is 12.0. The van der Waals surface area contributed by atoms with E-state index in [-0.39, 0.29) is 17.3 Å². The number of nitrogen functional groups attached to an aromatic ring is 1. The van der Waals surface area contributed by atoms with Gasteiger partial charge in [-0.25, -0.2) is 4.98 Å². The van der Waals surface area contributed by atoms with Crippen molar-refractivity contribution >= 4 is 28.7 Å². The van der Waals surface area contributed by atoms with Gasteiger partial charge in [0.1, 0.15) is 16.8 Å². The highest BCUT2D eigenvalue weighted by Gasteiger charge is 2.51. The van der Waals surface area contributed by atoms with Gasteiger partial charge in [-0.15, -0.1) is 0 Å². The van der Waals surface area contributed by atoms with Crippen LogP contribution in [0.15, 0.2) is 28.9 Å². The van der Waals surface area contributed by atoms with Crippen LogP contribution >= 0.6 is 0 Å². The Hall–Kier alpha value is -4.26. The first kappa shape index (κ1) is 23.2. The van der Waals surface area contributed by atoms with Crippen molar-refractivity contribution in [2.45, 2.75) is 20.0 Å². The van der Waals surface area contributed by atoms with E-state index >= 15 is 0 Å². The number of nitrogens with two attached hydrogens (primary N) is 1. The van der Waals surface area contributed by atoms with Gasteiger partial charge in [0.15, 0.2) is 11.6 Å². The molecule has 5 heterocycles. The number of amides is 1. The maximum Gasteiger partial charge on any atom is 0.254 e. The van der Waals surface area contributed by atoms with E-state index in [1.54, 1.807) is 31.0 Å². The van der Waals surface area contributed by atoms with E-state index in [4.69, 9.17) is 15.0 Å². The second kappa shape index (κ2) is 8.69. The molecule has 2 saturated heterocycles. The van der Waals surface area contributed by atoms with Gasteiger partial charge >= 0.3 is 0 Å². The SMILES string of the molecule is COc1cc(C(=O)N2CC3(CN(C)C3)C2)ccc1Cn1ncc2nc(N)nc(NCc3noc(C)n3)c21. The summed E-state index contributed by atoms with van der Waals surface area (Å²) in [5.41, 5.74) is 8.95. The van der Waals surface area contributed by atoms with Gasteiger partial charge in [0, 0.05) is 49.6 Å². The Balaban J connectivity index is 1.23. The van der Waals surface area contributed by atoms with E-state index in [1.165, 1.54) is 0 Å². The van der Waals surface area contributed by atoms with E-state index in [1.807, 2.05) is 17.0 Å². The van der Waals surface area contributed by atoms with Gasteiger partial charge in [-0.1, -0.05) is 11.2 Å². The summed E-state index contributed by atoms with van der Waals surface area (Å²) in [5.74, 6) is 2.24. The third-order valence-electron chi connectivity index (χ3n) is 6.89. The smallest absolute Gasteiger partial charge is 0.254 e. The topological polar surface area (TPSA) is 153 Å². The fourth-order valence-electron chi connectivity index (χ4n) is 5.39. The number of anilines is 2. The van der Waals surface area contributed by atoms with Gasteiger partial charge in [-0.2, -0.15) is 15.1 Å². The molecule has 2 aliphatic rings. The molecule has 0 atom stereocenters. The molecule has 192 valence electrons. The summed E-state index contributed by atoms with van der Waals surface area (Å²) in [7, 11) is 3.71. The van der Waals surface area contributed by atoms with Gasteiger partial charge in [0.2, 0.25) is 11.8 Å². The summed E-state index contributed by atoms with van der Waals surface area (Å²) in [6.07, 6.45) is 1.64. The molecule has 13 nitrogen and oxygen atoms in total. The van der Waals surface area contributed by atoms with Crippen LogP contribution in [0.4, 0.5) is 11.8 Å². The Labute approximate surface area is 212 Å². The monoisotopic (exact) mass is 504 g/mol. The molecular weight excluding hydrogens is 476 g/mol. The molecular formula is C24H28N10O3. The van der Waals surface area contributed by atoms with Crippen LogP contribution in [-0.2, 0) is 13.1 Å². The highest BCUT2D eigenvalue weighted by Crippen LogP contribution is 2.39. The van der Waals surface area contributed by atoms with Crippen LogP contribution in [0.5, 0.6) is 5.75 Å². The average Bonchev–Trinajstić information content (AvgIpc) is 3.44. The van der Waals surface area contributed by atoms with Crippen molar-refractivity contribution in [3.8, 4) is 5.75 Å². The molecule has 0 unspecified atom stereocenters. The molecule has 3 N–H and O–H groups in total. The molecule has 2 fully saturated rings. The van der Waals surface area contributed by atoms with Gasteiger partial charge in [-0.3, -0.25) is 9.48 Å². The minimum absolute atomic E-state index is 0.0293. The molecule has 1 aromatic carbocycles. The van der Waals surface area contributed by atoms with Crippen LogP contribution in [-0.4, -0.2) is 85.9 Å². The van der Waals surface area contributed by atoms with Crippen LogP contribution in [0.25, 0.3) is 11.0 Å². The zero-order valence-corrected chi connectivity index (χ0v) is 20.9. The zero-order chi connectivity index (χ0) is 25.7. The largest absolute Gasteiger partial charge is 0.496 e. The van der Waals surface area contributed by atoms with Crippen molar-refractivity contribution in [1.29, 1.82) is 0 Å². The van der Waals surface area contributed by atoms with Crippen molar-refractivity contribution in [3.05, 3.63) is 47.2 Å². The second-order valence-electron chi connectivity index (χ2n) is 9.91. The summed E-state index contributed by atoms with van der Waals surface area (Å²) in [6, 6.07) is 5.54. The predicted octanol–water partition coefficient (Wildman–Crippen LogP) is 1.16.